The fraction of sp³-hybridized carbons (Fsp3) is 0.421. The number of nitrogens with zero attached hydrogens (tertiary/aromatic N) is 4. The highest BCUT2D eigenvalue weighted by molar-refractivity contribution is 7.89. The van der Waals surface area contributed by atoms with Crippen LogP contribution in [0.1, 0.15) is 57.7 Å². The van der Waals surface area contributed by atoms with Crippen LogP contribution in [-0.2, 0) is 23.1 Å². The van der Waals surface area contributed by atoms with E-state index in [1.165, 1.54) is 13.2 Å². The lowest BCUT2D eigenvalue weighted by atomic mass is 10.0. The van der Waals surface area contributed by atoms with Crippen molar-refractivity contribution in [3.63, 3.8) is 0 Å². The van der Waals surface area contributed by atoms with Crippen LogP contribution in [0.5, 0.6) is 5.75 Å². The van der Waals surface area contributed by atoms with E-state index in [4.69, 9.17) is 9.15 Å². The molecular weight excluding hydrogens is 674 g/mol. The molecule has 3 saturated heterocycles. The predicted octanol–water partition coefficient (Wildman–Crippen LogP) is 4.72. The SMILES string of the molecule is COc1ccc(CN2CCC(NC(=O)c3cc4cc(C(=O)N5CCN(Cc6ccc(S(=O)(=O)N7CCCC7)cc6)CC5)ccc4o3)CC2)cc1F. The van der Waals surface area contributed by atoms with Crippen molar-refractivity contribution in [3.8, 4) is 5.75 Å². The summed E-state index contributed by atoms with van der Waals surface area (Å²) in [6.07, 6.45) is 3.35. The summed E-state index contributed by atoms with van der Waals surface area (Å²) in [4.78, 5) is 33.3. The lowest BCUT2D eigenvalue weighted by Gasteiger charge is -2.34. The number of ether oxygens (including phenoxy) is 1. The monoisotopic (exact) mass is 717 g/mol. The number of amides is 2. The number of hydrogen-bond donors (Lipinski definition) is 1. The maximum Gasteiger partial charge on any atom is 0.287 e. The first kappa shape index (κ1) is 35.1. The molecule has 51 heavy (non-hydrogen) atoms. The number of piperidine rings is 1. The standard InChI is InChI=1S/C38H44FN5O6S/c1-49-35-10-6-28(22-33(35)39)26-41-16-12-31(13-17-41)40-37(45)36-24-30-23-29(7-11-34(30)50-36)38(46)43-20-18-42(19-21-43)25-27-4-8-32(9-5-27)51(47,48)44-14-2-3-15-44/h4-11,22-24,31H,2-3,12-21,25-26H2,1H3,(H,40,45). The number of halogens is 1. The highest BCUT2D eigenvalue weighted by atomic mass is 32.2. The maximum absolute atomic E-state index is 14.1. The second-order valence-corrected chi connectivity index (χ2v) is 15.6. The van der Waals surface area contributed by atoms with Crippen LogP contribution in [0.4, 0.5) is 4.39 Å². The molecule has 0 atom stereocenters. The Labute approximate surface area is 298 Å². The Morgan fingerprint density at radius 1 is 0.824 bits per heavy atom. The van der Waals surface area contributed by atoms with Gasteiger partial charge in [-0.15, -0.1) is 0 Å². The summed E-state index contributed by atoms with van der Waals surface area (Å²) in [7, 11) is -1.98. The number of methoxy groups -OCH3 is 1. The first-order valence-corrected chi connectivity index (χ1v) is 19.1. The van der Waals surface area contributed by atoms with Crippen molar-refractivity contribution in [1.82, 2.24) is 24.3 Å². The minimum absolute atomic E-state index is 0.000611. The van der Waals surface area contributed by atoms with E-state index < -0.39 is 10.0 Å². The first-order chi connectivity index (χ1) is 24.7. The van der Waals surface area contributed by atoms with Crippen LogP contribution in [0.3, 0.4) is 0 Å². The lowest BCUT2D eigenvalue weighted by molar-refractivity contribution is 0.0628. The summed E-state index contributed by atoms with van der Waals surface area (Å²) in [5.41, 5.74) is 3.00. The van der Waals surface area contributed by atoms with E-state index in [0.717, 1.165) is 49.9 Å². The van der Waals surface area contributed by atoms with Crippen molar-refractivity contribution >= 4 is 32.8 Å². The Kier molecular flexibility index (Phi) is 10.4. The zero-order chi connectivity index (χ0) is 35.5. The van der Waals surface area contributed by atoms with Gasteiger partial charge in [0.05, 0.1) is 12.0 Å². The second-order valence-electron chi connectivity index (χ2n) is 13.7. The quantitative estimate of drug-likeness (QED) is 0.251. The van der Waals surface area contributed by atoms with E-state index in [1.54, 1.807) is 46.8 Å². The summed E-state index contributed by atoms with van der Waals surface area (Å²) in [6.45, 7) is 6.60. The molecular formula is C38H44FN5O6S. The molecule has 1 aromatic heterocycles. The number of piperazine rings is 1. The van der Waals surface area contributed by atoms with Gasteiger partial charge in [0.15, 0.2) is 17.3 Å². The fourth-order valence-electron chi connectivity index (χ4n) is 7.24. The van der Waals surface area contributed by atoms with Crippen LogP contribution in [0, 0.1) is 5.82 Å². The average Bonchev–Trinajstić information content (AvgIpc) is 3.84. The molecule has 1 N–H and O–H groups in total. The Morgan fingerprint density at radius 2 is 1.49 bits per heavy atom. The van der Waals surface area contributed by atoms with Gasteiger partial charge in [-0.05, 0) is 85.3 Å². The summed E-state index contributed by atoms with van der Waals surface area (Å²) < 4.78 is 52.2. The van der Waals surface area contributed by atoms with Crippen molar-refractivity contribution in [2.75, 3.05) is 59.5 Å². The first-order valence-electron chi connectivity index (χ1n) is 17.7. The lowest BCUT2D eigenvalue weighted by Crippen LogP contribution is -2.48. The molecule has 3 aliphatic heterocycles. The van der Waals surface area contributed by atoms with E-state index in [0.29, 0.717) is 73.8 Å². The molecule has 11 nitrogen and oxygen atoms in total. The van der Waals surface area contributed by atoms with Gasteiger partial charge in [0.1, 0.15) is 5.58 Å². The van der Waals surface area contributed by atoms with Gasteiger partial charge in [0.2, 0.25) is 10.0 Å². The number of fused-ring (bicyclic) bond motifs is 1. The third-order valence-electron chi connectivity index (χ3n) is 10.2. The highest BCUT2D eigenvalue weighted by Crippen LogP contribution is 2.25. The molecule has 3 aromatic carbocycles. The van der Waals surface area contributed by atoms with Crippen molar-refractivity contribution in [3.05, 3.63) is 95.0 Å². The third-order valence-corrected chi connectivity index (χ3v) is 12.1. The number of rotatable bonds is 10. The zero-order valence-electron chi connectivity index (χ0n) is 28.9. The van der Waals surface area contributed by atoms with Crippen LogP contribution < -0.4 is 10.1 Å². The average molecular weight is 718 g/mol. The van der Waals surface area contributed by atoms with E-state index >= 15 is 0 Å². The second kappa shape index (κ2) is 15.1. The largest absolute Gasteiger partial charge is 0.494 e. The van der Waals surface area contributed by atoms with Gasteiger partial charge < -0.3 is 19.4 Å². The van der Waals surface area contributed by atoms with Crippen molar-refractivity contribution in [2.45, 2.75) is 49.7 Å². The minimum Gasteiger partial charge on any atom is -0.494 e. The van der Waals surface area contributed by atoms with Gasteiger partial charge in [-0.2, -0.15) is 4.31 Å². The molecule has 0 unspecified atom stereocenters. The molecule has 3 fully saturated rings. The molecule has 270 valence electrons. The molecule has 7 rings (SSSR count). The number of carbonyl (C=O) groups excluding carboxylic acids is 2. The maximum atomic E-state index is 14.1. The number of carbonyl (C=O) groups is 2. The fourth-order valence-corrected chi connectivity index (χ4v) is 8.76. The molecule has 2 amide bonds. The zero-order valence-corrected chi connectivity index (χ0v) is 29.7. The number of hydrogen-bond acceptors (Lipinski definition) is 8. The Morgan fingerprint density at radius 3 is 2.18 bits per heavy atom. The number of sulfonamides is 1. The Balaban J connectivity index is 0.882. The molecule has 0 spiro atoms. The molecule has 3 aliphatic rings. The molecule has 13 heteroatoms. The molecule has 0 aliphatic carbocycles. The van der Waals surface area contributed by atoms with Crippen LogP contribution in [0.15, 0.2) is 76.0 Å². The van der Waals surface area contributed by atoms with Gasteiger partial charge >= 0.3 is 0 Å². The molecule has 4 heterocycles. The smallest absolute Gasteiger partial charge is 0.287 e. The highest BCUT2D eigenvalue weighted by Gasteiger charge is 2.28. The molecule has 0 saturated carbocycles. The molecule has 0 bridgehead atoms. The summed E-state index contributed by atoms with van der Waals surface area (Å²) in [5, 5.41) is 3.79. The normalized spacial score (nSPS) is 18.4. The predicted molar refractivity (Wildman–Crippen MR) is 191 cm³/mol. The summed E-state index contributed by atoms with van der Waals surface area (Å²) in [5.74, 6) is -0.281. The summed E-state index contributed by atoms with van der Waals surface area (Å²) in [6, 6.07) is 19.1. The van der Waals surface area contributed by atoms with Crippen molar-refractivity contribution < 1.29 is 31.6 Å². The molecule has 0 radical (unpaired) electrons. The number of likely N-dealkylation sites (tertiary alicyclic amines) is 1. The summed E-state index contributed by atoms with van der Waals surface area (Å²) >= 11 is 0. The van der Waals surface area contributed by atoms with E-state index in [9.17, 15) is 22.4 Å². The van der Waals surface area contributed by atoms with E-state index in [-0.39, 0.29) is 35.2 Å². The van der Waals surface area contributed by atoms with Gasteiger partial charge in [-0.25, -0.2) is 12.8 Å². The molecule has 4 aromatic rings. The van der Waals surface area contributed by atoms with E-state index in [1.807, 2.05) is 23.1 Å². The van der Waals surface area contributed by atoms with Crippen LogP contribution in [0.2, 0.25) is 0 Å². The minimum atomic E-state index is -3.43. The van der Waals surface area contributed by atoms with Crippen LogP contribution in [0.25, 0.3) is 11.0 Å². The van der Waals surface area contributed by atoms with Crippen molar-refractivity contribution in [1.29, 1.82) is 0 Å². The number of benzene rings is 3. The van der Waals surface area contributed by atoms with Gasteiger partial charge in [0.25, 0.3) is 11.8 Å². The van der Waals surface area contributed by atoms with Gasteiger partial charge in [0, 0.05) is 82.4 Å². The number of furan rings is 1. The van der Waals surface area contributed by atoms with Gasteiger partial charge in [-0.1, -0.05) is 18.2 Å². The topological polar surface area (TPSA) is 116 Å². The van der Waals surface area contributed by atoms with Gasteiger partial charge in [-0.3, -0.25) is 19.4 Å². The Hall–Kier alpha value is -4.30. The number of nitrogens with one attached hydrogen (secondary N) is 1. The van der Waals surface area contributed by atoms with Crippen LogP contribution >= 0.6 is 0 Å². The van der Waals surface area contributed by atoms with Crippen LogP contribution in [-0.4, -0.2) is 105 Å². The third kappa shape index (κ3) is 7.96. The van der Waals surface area contributed by atoms with Crippen molar-refractivity contribution in [2.24, 2.45) is 0 Å². The Bertz CT molecular complexity index is 1980. The van der Waals surface area contributed by atoms with E-state index in [2.05, 4.69) is 15.1 Å².